The molecule has 1 aliphatic heterocycles. The summed E-state index contributed by atoms with van der Waals surface area (Å²) in [5, 5.41) is 19.4. The van der Waals surface area contributed by atoms with Crippen molar-refractivity contribution in [2.24, 2.45) is 0 Å². The third-order valence-electron chi connectivity index (χ3n) is 6.57. The molecule has 3 heterocycles. The highest BCUT2D eigenvalue weighted by Crippen LogP contribution is 2.33. The summed E-state index contributed by atoms with van der Waals surface area (Å²) in [5.74, 6) is -1.70. The van der Waals surface area contributed by atoms with Crippen molar-refractivity contribution in [3.8, 4) is 17.3 Å². The molecule has 1 aliphatic rings. The van der Waals surface area contributed by atoms with Crippen LogP contribution < -0.4 is 15.1 Å². The summed E-state index contributed by atoms with van der Waals surface area (Å²) >= 11 is 6.10. The molecule has 0 radical (unpaired) electrons. The monoisotopic (exact) mass is 523 g/mol. The summed E-state index contributed by atoms with van der Waals surface area (Å²) in [6.45, 7) is 2.78. The zero-order valence-electron chi connectivity index (χ0n) is 19.8. The molecule has 190 valence electrons. The van der Waals surface area contributed by atoms with Crippen LogP contribution in [-0.2, 0) is 0 Å². The molecule has 2 N–H and O–H groups in total. The van der Waals surface area contributed by atoms with Gasteiger partial charge in [-0.1, -0.05) is 17.7 Å². The SMILES string of the molecule is Cc1cccnc1OC[C@H]1CCCN1c1cc2c(cc1F)c(=O)c(C(=O)O)cn2-c1ccc(O)c(Cl)c1. The number of hydrogen-bond acceptors (Lipinski definition) is 6. The predicted octanol–water partition coefficient (Wildman–Crippen LogP) is 4.94. The summed E-state index contributed by atoms with van der Waals surface area (Å²) in [5.41, 5.74) is 0.579. The molecular weight excluding hydrogens is 501 g/mol. The molecule has 10 heteroatoms. The van der Waals surface area contributed by atoms with Gasteiger partial charge in [0, 0.05) is 35.6 Å². The van der Waals surface area contributed by atoms with Gasteiger partial charge in [-0.15, -0.1) is 0 Å². The van der Waals surface area contributed by atoms with Gasteiger partial charge in [0.05, 0.1) is 22.3 Å². The number of rotatable bonds is 6. The van der Waals surface area contributed by atoms with E-state index in [1.54, 1.807) is 12.3 Å². The van der Waals surface area contributed by atoms with Crippen molar-refractivity contribution in [3.63, 3.8) is 0 Å². The molecule has 2 aromatic heterocycles. The van der Waals surface area contributed by atoms with Crippen LogP contribution in [0.1, 0.15) is 28.8 Å². The van der Waals surface area contributed by atoms with E-state index in [4.69, 9.17) is 16.3 Å². The Hall–Kier alpha value is -4.11. The normalized spacial score (nSPS) is 15.3. The molecule has 0 amide bonds. The first kappa shape index (κ1) is 24.6. The van der Waals surface area contributed by atoms with Gasteiger partial charge in [0.2, 0.25) is 11.3 Å². The van der Waals surface area contributed by atoms with Gasteiger partial charge in [0.1, 0.15) is 23.7 Å². The van der Waals surface area contributed by atoms with Crippen molar-refractivity contribution in [1.29, 1.82) is 0 Å². The maximum Gasteiger partial charge on any atom is 0.341 e. The number of aromatic carboxylic acids is 1. The van der Waals surface area contributed by atoms with Gasteiger partial charge in [0.25, 0.3) is 0 Å². The van der Waals surface area contributed by atoms with Crippen molar-refractivity contribution in [2.75, 3.05) is 18.1 Å². The van der Waals surface area contributed by atoms with Crippen molar-refractivity contribution < 1.29 is 24.1 Å². The van der Waals surface area contributed by atoms with Gasteiger partial charge in [-0.25, -0.2) is 14.2 Å². The Bertz CT molecular complexity index is 1590. The number of carboxylic acid groups (broad SMARTS) is 1. The van der Waals surface area contributed by atoms with E-state index in [1.807, 2.05) is 24.0 Å². The maximum atomic E-state index is 15.5. The van der Waals surface area contributed by atoms with Crippen molar-refractivity contribution in [3.05, 3.63) is 87.0 Å². The number of aromatic hydroxyl groups is 1. The van der Waals surface area contributed by atoms with E-state index in [-0.39, 0.29) is 27.9 Å². The molecule has 4 aromatic rings. The van der Waals surface area contributed by atoms with Gasteiger partial charge in [-0.3, -0.25) is 4.79 Å². The fourth-order valence-corrected chi connectivity index (χ4v) is 4.86. The van der Waals surface area contributed by atoms with Gasteiger partial charge >= 0.3 is 5.97 Å². The Labute approximate surface area is 216 Å². The second kappa shape index (κ2) is 9.74. The molecule has 2 aromatic carbocycles. The average Bonchev–Trinajstić information content (AvgIpc) is 3.33. The van der Waals surface area contributed by atoms with E-state index in [9.17, 15) is 19.8 Å². The van der Waals surface area contributed by atoms with Gasteiger partial charge < -0.3 is 24.4 Å². The van der Waals surface area contributed by atoms with Gasteiger partial charge in [-0.2, -0.15) is 0 Å². The summed E-state index contributed by atoms with van der Waals surface area (Å²) in [7, 11) is 0. The molecule has 8 nitrogen and oxygen atoms in total. The number of phenolic OH excluding ortho intramolecular Hbond substituents is 1. The first-order valence-corrected chi connectivity index (χ1v) is 12.0. The number of fused-ring (bicyclic) bond motifs is 1. The Morgan fingerprint density at radius 3 is 2.81 bits per heavy atom. The van der Waals surface area contributed by atoms with E-state index in [1.165, 1.54) is 29.0 Å². The lowest BCUT2D eigenvalue weighted by Crippen LogP contribution is -2.35. The Morgan fingerprint density at radius 2 is 2.08 bits per heavy atom. The number of benzene rings is 2. The highest BCUT2D eigenvalue weighted by Gasteiger charge is 2.29. The number of hydrogen-bond donors (Lipinski definition) is 2. The minimum Gasteiger partial charge on any atom is -0.506 e. The minimum absolute atomic E-state index is 0.0464. The number of carbonyl (C=O) groups is 1. The Morgan fingerprint density at radius 1 is 1.27 bits per heavy atom. The number of pyridine rings is 2. The van der Waals surface area contributed by atoms with Crippen LogP contribution in [0.5, 0.6) is 11.6 Å². The maximum absolute atomic E-state index is 15.5. The quantitative estimate of drug-likeness (QED) is 0.369. The summed E-state index contributed by atoms with van der Waals surface area (Å²) < 4.78 is 22.9. The average molecular weight is 524 g/mol. The fraction of sp³-hybridized carbons (Fsp3) is 0.222. The largest absolute Gasteiger partial charge is 0.506 e. The van der Waals surface area contributed by atoms with Crippen LogP contribution in [0.4, 0.5) is 10.1 Å². The van der Waals surface area contributed by atoms with E-state index in [0.29, 0.717) is 30.2 Å². The topological polar surface area (TPSA) is 105 Å². The van der Waals surface area contributed by atoms with Crippen LogP contribution in [0, 0.1) is 12.7 Å². The Balaban J connectivity index is 1.61. The fourth-order valence-electron chi connectivity index (χ4n) is 4.69. The third-order valence-corrected chi connectivity index (χ3v) is 6.88. The number of ether oxygens (including phenoxy) is 1. The van der Waals surface area contributed by atoms with Crippen LogP contribution in [-0.4, -0.2) is 44.9 Å². The molecule has 0 bridgehead atoms. The first-order chi connectivity index (χ1) is 17.7. The number of anilines is 1. The predicted molar refractivity (Wildman–Crippen MR) is 138 cm³/mol. The van der Waals surface area contributed by atoms with Crippen molar-refractivity contribution >= 4 is 34.2 Å². The highest BCUT2D eigenvalue weighted by atomic mass is 35.5. The number of aromatic nitrogens is 2. The second-order valence-electron chi connectivity index (χ2n) is 8.93. The molecular formula is C27H23ClFN3O5. The highest BCUT2D eigenvalue weighted by molar-refractivity contribution is 6.32. The van der Waals surface area contributed by atoms with E-state index >= 15 is 4.39 Å². The summed E-state index contributed by atoms with van der Waals surface area (Å²) in [6, 6.07) is 10.6. The van der Waals surface area contributed by atoms with E-state index in [0.717, 1.165) is 24.5 Å². The smallest absolute Gasteiger partial charge is 0.341 e. The number of carboxylic acids is 1. The van der Waals surface area contributed by atoms with Crippen molar-refractivity contribution in [2.45, 2.75) is 25.8 Å². The molecule has 1 saturated heterocycles. The van der Waals surface area contributed by atoms with Gasteiger partial charge in [-0.05, 0) is 56.2 Å². The summed E-state index contributed by atoms with van der Waals surface area (Å²) in [6.07, 6.45) is 4.44. The molecule has 5 rings (SSSR count). The lowest BCUT2D eigenvalue weighted by Gasteiger charge is -2.28. The zero-order valence-corrected chi connectivity index (χ0v) is 20.6. The summed E-state index contributed by atoms with van der Waals surface area (Å²) in [4.78, 5) is 30.9. The van der Waals surface area contributed by atoms with Crippen molar-refractivity contribution in [1.82, 2.24) is 9.55 Å². The lowest BCUT2D eigenvalue weighted by molar-refractivity contribution is 0.0695. The second-order valence-corrected chi connectivity index (χ2v) is 9.34. The molecule has 0 saturated carbocycles. The Kier molecular flexibility index (Phi) is 6.47. The molecule has 0 spiro atoms. The first-order valence-electron chi connectivity index (χ1n) is 11.7. The van der Waals surface area contributed by atoms with Crippen LogP contribution in [0.15, 0.2) is 59.7 Å². The molecule has 37 heavy (non-hydrogen) atoms. The molecule has 1 fully saturated rings. The van der Waals surface area contributed by atoms with Crippen LogP contribution in [0.2, 0.25) is 5.02 Å². The molecule has 1 atom stereocenters. The standard InChI is InChI=1S/C27H23ClFN3O5/c1-15-4-2-8-30-26(15)37-14-17-5-3-9-31(17)23-12-22-18(11-21(23)29)25(34)19(27(35)36)13-32(22)16-6-7-24(33)20(28)10-16/h2,4,6-8,10-13,17,33H,3,5,9,14H2,1H3,(H,35,36)/t17-/m1/s1. The molecule has 0 unspecified atom stereocenters. The van der Waals surface area contributed by atoms with Crippen LogP contribution in [0.3, 0.4) is 0 Å². The van der Waals surface area contributed by atoms with E-state index < -0.39 is 22.8 Å². The number of halogens is 2. The number of aryl methyl sites for hydroxylation is 1. The zero-order chi connectivity index (χ0) is 26.3. The number of nitrogens with zero attached hydrogens (tertiary/aromatic N) is 3. The third kappa shape index (κ3) is 4.58. The molecule has 0 aliphatic carbocycles. The van der Waals surface area contributed by atoms with Gasteiger partial charge in [0.15, 0.2) is 0 Å². The van der Waals surface area contributed by atoms with E-state index in [2.05, 4.69) is 4.98 Å². The lowest BCUT2D eigenvalue weighted by atomic mass is 10.1. The van der Waals surface area contributed by atoms with Crippen LogP contribution >= 0.6 is 11.6 Å². The number of phenols is 1. The van der Waals surface area contributed by atoms with Crippen LogP contribution in [0.25, 0.3) is 16.6 Å². The minimum atomic E-state index is -1.43.